The quantitative estimate of drug-likeness (QED) is 0.318. The van der Waals surface area contributed by atoms with Crippen LogP contribution >= 0.6 is 10.7 Å². The van der Waals surface area contributed by atoms with Gasteiger partial charge in [-0.15, -0.1) is 0 Å². The van der Waals surface area contributed by atoms with Crippen molar-refractivity contribution >= 4 is 25.4 Å². The van der Waals surface area contributed by atoms with Crippen LogP contribution in [0.5, 0.6) is 5.75 Å². The molecule has 0 saturated carbocycles. The molecule has 8 heteroatoms. The van der Waals surface area contributed by atoms with Crippen molar-refractivity contribution in [1.29, 1.82) is 0 Å². The number of rotatable bonds is 8. The van der Waals surface area contributed by atoms with E-state index >= 15 is 0 Å². The first-order valence-electron chi connectivity index (χ1n) is 6.10. The Bertz CT molecular complexity index is 573. The molecular formula is C12H16ClNO5S. The first-order chi connectivity index (χ1) is 9.31. The van der Waals surface area contributed by atoms with Crippen LogP contribution in [0, 0.1) is 17.0 Å². The van der Waals surface area contributed by atoms with E-state index in [4.69, 9.17) is 15.4 Å². The van der Waals surface area contributed by atoms with E-state index < -0.39 is 14.0 Å². The standard InChI is InChI=1S/C12H16ClNO5S/c1-10-11(14(15)16)6-5-7-12(10)19-8-3-2-4-9-20(13,17)18/h5-7H,2-4,8-9H2,1H3. The molecule has 6 nitrogen and oxygen atoms in total. The number of nitrogens with zero attached hydrogens (tertiary/aromatic N) is 1. The van der Waals surface area contributed by atoms with Crippen molar-refractivity contribution in [3.63, 3.8) is 0 Å². The monoisotopic (exact) mass is 321 g/mol. The summed E-state index contributed by atoms with van der Waals surface area (Å²) in [6.07, 6.45) is 1.80. The molecule has 1 aromatic rings. The first kappa shape index (κ1) is 16.7. The molecule has 0 heterocycles. The van der Waals surface area contributed by atoms with E-state index in [0.717, 1.165) is 0 Å². The van der Waals surface area contributed by atoms with Crippen LogP contribution in [0.25, 0.3) is 0 Å². The van der Waals surface area contributed by atoms with Gasteiger partial charge in [0, 0.05) is 16.7 Å². The molecule has 0 aliphatic rings. The molecule has 0 aliphatic carbocycles. The Balaban J connectivity index is 2.40. The minimum atomic E-state index is -3.43. The summed E-state index contributed by atoms with van der Waals surface area (Å²) >= 11 is 0. The van der Waals surface area contributed by atoms with E-state index in [9.17, 15) is 18.5 Å². The molecule has 0 aliphatic heterocycles. The number of nitro groups is 1. The third-order valence-corrected chi connectivity index (χ3v) is 3.98. The SMILES string of the molecule is Cc1c(OCCCCCS(=O)(=O)Cl)cccc1[N+](=O)[O-]. The molecule has 0 spiro atoms. The predicted octanol–water partition coefficient (Wildman–Crippen LogP) is 3.02. The second-order valence-electron chi connectivity index (χ2n) is 4.31. The van der Waals surface area contributed by atoms with Crippen LogP contribution in [-0.2, 0) is 9.05 Å². The van der Waals surface area contributed by atoms with Crippen LogP contribution < -0.4 is 4.74 Å². The van der Waals surface area contributed by atoms with Crippen molar-refractivity contribution in [2.45, 2.75) is 26.2 Å². The van der Waals surface area contributed by atoms with Crippen molar-refractivity contribution in [1.82, 2.24) is 0 Å². The summed E-state index contributed by atoms with van der Waals surface area (Å²) in [5, 5.41) is 10.8. The van der Waals surface area contributed by atoms with Crippen LogP contribution in [-0.4, -0.2) is 25.7 Å². The van der Waals surface area contributed by atoms with Crippen molar-refractivity contribution in [2.75, 3.05) is 12.4 Å². The number of hydrogen-bond donors (Lipinski definition) is 0. The molecule has 0 N–H and O–H groups in total. The van der Waals surface area contributed by atoms with Gasteiger partial charge in [0.1, 0.15) is 5.75 Å². The van der Waals surface area contributed by atoms with Gasteiger partial charge in [-0.1, -0.05) is 6.07 Å². The van der Waals surface area contributed by atoms with Gasteiger partial charge in [0.2, 0.25) is 9.05 Å². The highest BCUT2D eigenvalue weighted by molar-refractivity contribution is 8.13. The van der Waals surface area contributed by atoms with Crippen LogP contribution in [0.4, 0.5) is 5.69 Å². The van der Waals surface area contributed by atoms with Crippen molar-refractivity contribution in [3.8, 4) is 5.75 Å². The molecule has 20 heavy (non-hydrogen) atoms. The zero-order chi connectivity index (χ0) is 15.2. The van der Waals surface area contributed by atoms with Crippen molar-refractivity contribution in [2.24, 2.45) is 0 Å². The van der Waals surface area contributed by atoms with Gasteiger partial charge in [-0.25, -0.2) is 8.42 Å². The third-order valence-electron chi connectivity index (χ3n) is 2.74. The summed E-state index contributed by atoms with van der Waals surface area (Å²) in [5.41, 5.74) is 0.511. The molecule has 0 radical (unpaired) electrons. The van der Waals surface area contributed by atoms with Crippen molar-refractivity contribution in [3.05, 3.63) is 33.9 Å². The van der Waals surface area contributed by atoms with E-state index in [1.807, 2.05) is 0 Å². The average molecular weight is 322 g/mol. The van der Waals surface area contributed by atoms with E-state index in [1.165, 1.54) is 6.07 Å². The van der Waals surface area contributed by atoms with Crippen LogP contribution in [0.2, 0.25) is 0 Å². The highest BCUT2D eigenvalue weighted by Gasteiger charge is 2.13. The normalized spacial score (nSPS) is 11.3. The van der Waals surface area contributed by atoms with Gasteiger partial charge in [-0.3, -0.25) is 10.1 Å². The summed E-state index contributed by atoms with van der Waals surface area (Å²) in [6.45, 7) is 2.01. The first-order valence-corrected chi connectivity index (χ1v) is 8.58. The van der Waals surface area contributed by atoms with Gasteiger partial charge in [0.25, 0.3) is 5.69 Å². The lowest BCUT2D eigenvalue weighted by molar-refractivity contribution is -0.385. The molecule has 1 rings (SSSR count). The fourth-order valence-electron chi connectivity index (χ4n) is 1.69. The summed E-state index contributed by atoms with van der Waals surface area (Å²) in [7, 11) is 1.66. The Morgan fingerprint density at radius 2 is 2.00 bits per heavy atom. The predicted molar refractivity (Wildman–Crippen MR) is 76.8 cm³/mol. The number of unbranched alkanes of at least 4 members (excludes halogenated alkanes) is 2. The largest absolute Gasteiger partial charge is 0.493 e. The van der Waals surface area contributed by atoms with E-state index in [2.05, 4.69) is 0 Å². The summed E-state index contributed by atoms with van der Waals surface area (Å²) in [6, 6.07) is 4.67. The summed E-state index contributed by atoms with van der Waals surface area (Å²) in [5.74, 6) is 0.425. The van der Waals surface area contributed by atoms with E-state index in [1.54, 1.807) is 19.1 Å². The number of halogens is 1. The Morgan fingerprint density at radius 3 is 2.60 bits per heavy atom. The van der Waals surface area contributed by atoms with Crippen LogP contribution in [0.1, 0.15) is 24.8 Å². The topological polar surface area (TPSA) is 86.5 Å². The van der Waals surface area contributed by atoms with Crippen molar-refractivity contribution < 1.29 is 18.1 Å². The van der Waals surface area contributed by atoms with Gasteiger partial charge in [0.05, 0.1) is 22.8 Å². The second-order valence-corrected chi connectivity index (χ2v) is 7.21. The van der Waals surface area contributed by atoms with E-state index in [0.29, 0.717) is 37.2 Å². The number of benzene rings is 1. The maximum Gasteiger partial charge on any atom is 0.276 e. The summed E-state index contributed by atoms with van der Waals surface area (Å²) in [4.78, 5) is 10.3. The molecule has 0 bridgehead atoms. The Hall–Kier alpha value is -1.34. The zero-order valence-corrected chi connectivity index (χ0v) is 12.6. The second kappa shape index (κ2) is 7.44. The minimum absolute atomic E-state index is 0.0238. The summed E-state index contributed by atoms with van der Waals surface area (Å²) < 4.78 is 26.9. The number of ether oxygens (including phenoxy) is 1. The van der Waals surface area contributed by atoms with Crippen LogP contribution in [0.15, 0.2) is 18.2 Å². The minimum Gasteiger partial charge on any atom is -0.493 e. The maximum atomic E-state index is 10.8. The molecule has 112 valence electrons. The highest BCUT2D eigenvalue weighted by Crippen LogP contribution is 2.27. The smallest absolute Gasteiger partial charge is 0.276 e. The third kappa shape index (κ3) is 5.75. The van der Waals surface area contributed by atoms with Gasteiger partial charge in [-0.05, 0) is 32.3 Å². The molecule has 0 amide bonds. The molecule has 0 fully saturated rings. The fraction of sp³-hybridized carbons (Fsp3) is 0.500. The lowest BCUT2D eigenvalue weighted by Gasteiger charge is -2.08. The number of nitro benzene ring substituents is 1. The molecule has 0 unspecified atom stereocenters. The zero-order valence-electron chi connectivity index (χ0n) is 11.0. The lowest BCUT2D eigenvalue weighted by atomic mass is 10.2. The number of hydrogen-bond acceptors (Lipinski definition) is 5. The average Bonchev–Trinajstić information content (AvgIpc) is 2.33. The molecule has 0 saturated heterocycles. The Labute approximate surface area is 122 Å². The lowest BCUT2D eigenvalue weighted by Crippen LogP contribution is -2.02. The fourth-order valence-corrected chi connectivity index (χ4v) is 2.57. The van der Waals surface area contributed by atoms with Gasteiger partial charge in [-0.2, -0.15) is 0 Å². The molecule has 0 aromatic heterocycles. The van der Waals surface area contributed by atoms with Gasteiger partial charge < -0.3 is 4.74 Å². The Morgan fingerprint density at radius 1 is 1.30 bits per heavy atom. The maximum absolute atomic E-state index is 10.8. The molecule has 1 aromatic carbocycles. The van der Waals surface area contributed by atoms with Gasteiger partial charge >= 0.3 is 0 Å². The molecular weight excluding hydrogens is 306 g/mol. The highest BCUT2D eigenvalue weighted by atomic mass is 35.7. The van der Waals surface area contributed by atoms with E-state index in [-0.39, 0.29) is 11.4 Å². The molecule has 0 atom stereocenters. The van der Waals surface area contributed by atoms with Gasteiger partial charge in [0.15, 0.2) is 0 Å². The Kier molecular flexibility index (Phi) is 6.22. The van der Waals surface area contributed by atoms with Crippen LogP contribution in [0.3, 0.4) is 0 Å².